The molecule has 2 aromatic rings. The van der Waals surface area contributed by atoms with Crippen LogP contribution in [0.3, 0.4) is 0 Å². The zero-order valence-electron chi connectivity index (χ0n) is 10.9. The fourth-order valence-electron chi connectivity index (χ4n) is 1.74. The molecule has 0 radical (unpaired) electrons. The summed E-state index contributed by atoms with van der Waals surface area (Å²) in [5, 5.41) is 3.37. The van der Waals surface area contributed by atoms with Gasteiger partial charge in [0.15, 0.2) is 11.7 Å². The molecule has 2 heterocycles. The first kappa shape index (κ1) is 13.2. The van der Waals surface area contributed by atoms with Crippen LogP contribution in [0.5, 0.6) is 0 Å². The van der Waals surface area contributed by atoms with E-state index in [1.54, 1.807) is 17.5 Å². The van der Waals surface area contributed by atoms with Gasteiger partial charge in [0.25, 0.3) is 0 Å². The molecular weight excluding hydrogens is 246 g/mol. The van der Waals surface area contributed by atoms with Crippen LogP contribution in [0.1, 0.15) is 31.4 Å². The number of nitrogens with zero attached hydrogens (tertiary/aromatic N) is 2. The number of rotatable bonds is 7. The molecule has 0 atom stereocenters. The highest BCUT2D eigenvalue weighted by molar-refractivity contribution is 7.13. The number of hydrogen-bond acceptors (Lipinski definition) is 5. The first-order valence-electron chi connectivity index (χ1n) is 6.37. The first-order chi connectivity index (χ1) is 8.81. The van der Waals surface area contributed by atoms with Crippen LogP contribution in [-0.4, -0.2) is 23.1 Å². The largest absolute Gasteiger partial charge is 0.440 e. The Labute approximate surface area is 111 Å². The van der Waals surface area contributed by atoms with Gasteiger partial charge >= 0.3 is 0 Å². The van der Waals surface area contributed by atoms with Gasteiger partial charge in [-0.15, -0.1) is 11.3 Å². The van der Waals surface area contributed by atoms with Crippen molar-refractivity contribution in [2.75, 3.05) is 13.1 Å². The Morgan fingerprint density at radius 1 is 1.33 bits per heavy atom. The molecule has 0 spiro atoms. The minimum atomic E-state index is 0.816. The van der Waals surface area contributed by atoms with Gasteiger partial charge in [-0.3, -0.25) is 0 Å². The normalized spacial score (nSPS) is 11.0. The Hall–Kier alpha value is -1.20. The van der Waals surface area contributed by atoms with Crippen molar-refractivity contribution in [3.05, 3.63) is 23.3 Å². The molecule has 0 aromatic carbocycles. The van der Waals surface area contributed by atoms with E-state index in [0.717, 1.165) is 48.2 Å². The van der Waals surface area contributed by atoms with Gasteiger partial charge in [0.2, 0.25) is 0 Å². The SMILES string of the molecule is CCCNCCCc1ncc(-c2scnc2C)o1. The molecule has 0 aliphatic rings. The van der Waals surface area contributed by atoms with E-state index in [2.05, 4.69) is 22.2 Å². The minimum Gasteiger partial charge on any atom is -0.440 e. The van der Waals surface area contributed by atoms with Gasteiger partial charge < -0.3 is 9.73 Å². The minimum absolute atomic E-state index is 0.816. The predicted molar refractivity (Wildman–Crippen MR) is 73.8 cm³/mol. The summed E-state index contributed by atoms with van der Waals surface area (Å²) in [6.45, 7) is 6.26. The third-order valence-corrected chi connectivity index (χ3v) is 3.64. The molecule has 0 bridgehead atoms. The van der Waals surface area contributed by atoms with Crippen molar-refractivity contribution in [2.45, 2.75) is 33.1 Å². The second-order valence-electron chi connectivity index (χ2n) is 4.24. The summed E-state index contributed by atoms with van der Waals surface area (Å²) in [7, 11) is 0. The topological polar surface area (TPSA) is 51.0 Å². The van der Waals surface area contributed by atoms with E-state index in [1.807, 2.05) is 12.4 Å². The lowest BCUT2D eigenvalue weighted by Crippen LogP contribution is -2.16. The van der Waals surface area contributed by atoms with Crippen molar-refractivity contribution in [1.29, 1.82) is 0 Å². The highest BCUT2D eigenvalue weighted by atomic mass is 32.1. The van der Waals surface area contributed by atoms with E-state index < -0.39 is 0 Å². The van der Waals surface area contributed by atoms with E-state index in [0.29, 0.717) is 0 Å². The lowest BCUT2D eigenvalue weighted by atomic mass is 10.3. The van der Waals surface area contributed by atoms with Crippen LogP contribution in [0.15, 0.2) is 16.1 Å². The molecule has 2 rings (SSSR count). The van der Waals surface area contributed by atoms with Gasteiger partial charge in [0, 0.05) is 6.42 Å². The van der Waals surface area contributed by atoms with E-state index in [4.69, 9.17) is 4.42 Å². The van der Waals surface area contributed by atoms with Gasteiger partial charge in [-0.1, -0.05) is 6.92 Å². The summed E-state index contributed by atoms with van der Waals surface area (Å²) < 4.78 is 5.75. The van der Waals surface area contributed by atoms with Gasteiger partial charge in [-0.05, 0) is 32.9 Å². The smallest absolute Gasteiger partial charge is 0.194 e. The maximum atomic E-state index is 5.75. The highest BCUT2D eigenvalue weighted by Gasteiger charge is 2.10. The molecule has 0 aliphatic heterocycles. The van der Waals surface area contributed by atoms with Crippen molar-refractivity contribution in [1.82, 2.24) is 15.3 Å². The third-order valence-electron chi connectivity index (χ3n) is 2.69. The van der Waals surface area contributed by atoms with E-state index >= 15 is 0 Å². The Balaban J connectivity index is 1.85. The van der Waals surface area contributed by atoms with Crippen molar-refractivity contribution in [2.24, 2.45) is 0 Å². The number of oxazole rings is 1. The molecule has 18 heavy (non-hydrogen) atoms. The fraction of sp³-hybridized carbons (Fsp3) is 0.538. The number of aromatic nitrogens is 2. The van der Waals surface area contributed by atoms with Crippen LogP contribution in [-0.2, 0) is 6.42 Å². The molecule has 0 aliphatic carbocycles. The zero-order chi connectivity index (χ0) is 12.8. The summed E-state index contributed by atoms with van der Waals surface area (Å²) in [5.41, 5.74) is 2.84. The summed E-state index contributed by atoms with van der Waals surface area (Å²) in [5.74, 6) is 1.66. The van der Waals surface area contributed by atoms with E-state index in [9.17, 15) is 0 Å². The average Bonchev–Trinajstić information content (AvgIpc) is 2.97. The van der Waals surface area contributed by atoms with E-state index in [-0.39, 0.29) is 0 Å². The number of aryl methyl sites for hydroxylation is 2. The quantitative estimate of drug-likeness (QED) is 0.782. The Morgan fingerprint density at radius 3 is 2.94 bits per heavy atom. The maximum absolute atomic E-state index is 5.75. The summed E-state index contributed by atoms with van der Waals surface area (Å²) >= 11 is 1.59. The monoisotopic (exact) mass is 265 g/mol. The number of thiazole rings is 1. The molecule has 0 unspecified atom stereocenters. The molecule has 0 saturated carbocycles. The number of hydrogen-bond donors (Lipinski definition) is 1. The standard InChI is InChI=1S/C13H19N3OS/c1-3-6-14-7-4-5-12-15-8-11(17-12)13-10(2)16-9-18-13/h8-9,14H,3-7H2,1-2H3. The second kappa shape index (κ2) is 6.66. The van der Waals surface area contributed by atoms with Crippen molar-refractivity contribution < 1.29 is 4.42 Å². The Bertz CT molecular complexity index is 478. The van der Waals surface area contributed by atoms with Crippen molar-refractivity contribution >= 4 is 11.3 Å². The van der Waals surface area contributed by atoms with Crippen LogP contribution in [0.2, 0.25) is 0 Å². The molecule has 4 nitrogen and oxygen atoms in total. The van der Waals surface area contributed by atoms with Gasteiger partial charge in [0.05, 0.1) is 22.3 Å². The van der Waals surface area contributed by atoms with E-state index in [1.165, 1.54) is 6.42 Å². The molecule has 98 valence electrons. The molecule has 0 fully saturated rings. The summed E-state index contributed by atoms with van der Waals surface area (Å²) in [6.07, 6.45) is 4.92. The third kappa shape index (κ3) is 3.40. The molecular formula is C13H19N3OS. The van der Waals surface area contributed by atoms with Gasteiger partial charge in [-0.2, -0.15) is 0 Å². The number of nitrogens with one attached hydrogen (secondary N) is 1. The fourth-order valence-corrected chi connectivity index (χ4v) is 2.49. The van der Waals surface area contributed by atoms with Crippen LogP contribution < -0.4 is 5.32 Å². The summed E-state index contributed by atoms with van der Waals surface area (Å²) in [4.78, 5) is 9.62. The van der Waals surface area contributed by atoms with Crippen LogP contribution in [0.25, 0.3) is 10.6 Å². The van der Waals surface area contributed by atoms with Crippen LogP contribution in [0.4, 0.5) is 0 Å². The maximum Gasteiger partial charge on any atom is 0.194 e. The van der Waals surface area contributed by atoms with Gasteiger partial charge in [-0.25, -0.2) is 9.97 Å². The Morgan fingerprint density at radius 2 is 2.22 bits per heavy atom. The molecule has 2 aromatic heterocycles. The van der Waals surface area contributed by atoms with Crippen LogP contribution in [0, 0.1) is 6.92 Å². The van der Waals surface area contributed by atoms with Crippen LogP contribution >= 0.6 is 11.3 Å². The van der Waals surface area contributed by atoms with Crippen molar-refractivity contribution in [3.8, 4) is 10.6 Å². The lowest BCUT2D eigenvalue weighted by molar-refractivity contribution is 0.492. The summed E-state index contributed by atoms with van der Waals surface area (Å²) in [6, 6.07) is 0. The highest BCUT2D eigenvalue weighted by Crippen LogP contribution is 2.27. The second-order valence-corrected chi connectivity index (χ2v) is 5.09. The first-order valence-corrected chi connectivity index (χ1v) is 7.25. The molecule has 1 N–H and O–H groups in total. The molecule has 0 amide bonds. The van der Waals surface area contributed by atoms with Gasteiger partial charge in [0.1, 0.15) is 0 Å². The molecule has 0 saturated heterocycles. The Kier molecular flexibility index (Phi) is 4.90. The molecule has 5 heteroatoms. The zero-order valence-corrected chi connectivity index (χ0v) is 11.7. The predicted octanol–water partition coefficient (Wildman–Crippen LogP) is 3.04. The lowest BCUT2D eigenvalue weighted by Gasteiger charge is -2.00. The average molecular weight is 265 g/mol. The van der Waals surface area contributed by atoms with Crippen molar-refractivity contribution in [3.63, 3.8) is 0 Å².